The average Bonchev–Trinajstić information content (AvgIpc) is 2.80. The molecule has 0 bridgehead atoms. The summed E-state index contributed by atoms with van der Waals surface area (Å²) in [4.78, 5) is 13.1. The van der Waals surface area contributed by atoms with Gasteiger partial charge < -0.3 is 10.6 Å². The normalized spacial score (nSPS) is 12.4. The number of hydrogen-bond acceptors (Lipinski definition) is 3. The molecule has 0 aromatic carbocycles. The van der Waals surface area contributed by atoms with Crippen LogP contribution in [0.5, 0.6) is 0 Å². The van der Waals surface area contributed by atoms with Crippen molar-refractivity contribution in [1.29, 1.82) is 0 Å². The van der Waals surface area contributed by atoms with Gasteiger partial charge in [0.15, 0.2) is 0 Å². The van der Waals surface area contributed by atoms with Crippen molar-refractivity contribution in [2.24, 2.45) is 5.92 Å². The van der Waals surface area contributed by atoms with Crippen LogP contribution in [0, 0.1) is 5.92 Å². The molecule has 17 heavy (non-hydrogen) atoms. The second-order valence-corrected chi connectivity index (χ2v) is 5.15. The van der Waals surface area contributed by atoms with Crippen molar-refractivity contribution >= 4 is 17.2 Å². The van der Waals surface area contributed by atoms with Gasteiger partial charge in [0, 0.05) is 17.3 Å². The van der Waals surface area contributed by atoms with Gasteiger partial charge in [-0.1, -0.05) is 20.8 Å². The van der Waals surface area contributed by atoms with Gasteiger partial charge in [0.2, 0.25) is 5.91 Å². The third-order valence-corrected chi connectivity index (χ3v) is 3.75. The Morgan fingerprint density at radius 3 is 2.88 bits per heavy atom. The van der Waals surface area contributed by atoms with Crippen LogP contribution in [-0.4, -0.2) is 19.0 Å². The van der Waals surface area contributed by atoms with E-state index in [-0.39, 0.29) is 11.8 Å². The lowest BCUT2D eigenvalue weighted by Crippen LogP contribution is -2.34. The molecule has 1 amide bonds. The van der Waals surface area contributed by atoms with Crippen LogP contribution in [0.4, 0.5) is 0 Å². The molecule has 1 rings (SSSR count). The molecule has 96 valence electrons. The molecule has 0 radical (unpaired) electrons. The molecule has 1 atom stereocenters. The van der Waals surface area contributed by atoms with Crippen LogP contribution in [0.3, 0.4) is 0 Å². The molecule has 0 aliphatic carbocycles. The van der Waals surface area contributed by atoms with Crippen LogP contribution in [0.25, 0.3) is 0 Å². The van der Waals surface area contributed by atoms with E-state index < -0.39 is 0 Å². The van der Waals surface area contributed by atoms with Crippen molar-refractivity contribution in [2.45, 2.75) is 33.7 Å². The zero-order valence-electron chi connectivity index (χ0n) is 10.9. The Bertz CT molecular complexity index is 349. The van der Waals surface area contributed by atoms with E-state index in [2.05, 4.69) is 29.0 Å². The number of hydrogen-bond donors (Lipinski definition) is 2. The molecule has 1 aromatic rings. The van der Waals surface area contributed by atoms with Crippen molar-refractivity contribution in [3.05, 3.63) is 21.9 Å². The van der Waals surface area contributed by atoms with Crippen LogP contribution in [0.2, 0.25) is 0 Å². The third kappa shape index (κ3) is 4.48. The second-order valence-electron chi connectivity index (χ2n) is 4.15. The van der Waals surface area contributed by atoms with Crippen LogP contribution < -0.4 is 10.6 Å². The van der Waals surface area contributed by atoms with E-state index in [9.17, 15) is 4.79 Å². The fourth-order valence-corrected chi connectivity index (χ4v) is 2.55. The first-order chi connectivity index (χ1) is 8.19. The van der Waals surface area contributed by atoms with Gasteiger partial charge in [-0.05, 0) is 30.0 Å². The maximum Gasteiger partial charge on any atom is 0.224 e. The van der Waals surface area contributed by atoms with Crippen molar-refractivity contribution in [2.75, 3.05) is 13.1 Å². The fourth-order valence-electron chi connectivity index (χ4n) is 1.63. The number of carbonyl (C=O) groups is 1. The number of aryl methyl sites for hydroxylation is 1. The molecule has 1 unspecified atom stereocenters. The molecule has 3 nitrogen and oxygen atoms in total. The Hall–Kier alpha value is -0.870. The fraction of sp³-hybridized carbons (Fsp3) is 0.615. The lowest BCUT2D eigenvalue weighted by atomic mass is 10.1. The molecule has 1 aromatic heterocycles. The van der Waals surface area contributed by atoms with E-state index in [1.807, 2.05) is 13.8 Å². The Morgan fingerprint density at radius 1 is 1.47 bits per heavy atom. The van der Waals surface area contributed by atoms with E-state index in [4.69, 9.17) is 0 Å². The van der Waals surface area contributed by atoms with Gasteiger partial charge in [-0.25, -0.2) is 0 Å². The number of nitrogens with one attached hydrogen (secondary N) is 2. The highest BCUT2D eigenvalue weighted by atomic mass is 32.1. The molecular weight excluding hydrogens is 232 g/mol. The molecule has 0 spiro atoms. The molecule has 4 heteroatoms. The summed E-state index contributed by atoms with van der Waals surface area (Å²) in [6.07, 6.45) is 1.03. The van der Waals surface area contributed by atoms with E-state index in [0.29, 0.717) is 6.54 Å². The Kier molecular flexibility index (Phi) is 6.22. The van der Waals surface area contributed by atoms with Crippen LogP contribution in [0.1, 0.15) is 31.2 Å². The Balaban J connectivity index is 2.37. The van der Waals surface area contributed by atoms with Crippen molar-refractivity contribution in [3.8, 4) is 0 Å². The molecule has 0 saturated carbocycles. The van der Waals surface area contributed by atoms with Gasteiger partial charge in [-0.15, -0.1) is 11.3 Å². The minimum absolute atomic E-state index is 0.0278. The van der Waals surface area contributed by atoms with Gasteiger partial charge in [0.1, 0.15) is 0 Å². The Morgan fingerprint density at radius 2 is 2.24 bits per heavy atom. The molecule has 0 aliphatic heterocycles. The molecule has 0 saturated heterocycles. The minimum atomic E-state index is 0.0278. The van der Waals surface area contributed by atoms with Gasteiger partial charge >= 0.3 is 0 Å². The van der Waals surface area contributed by atoms with E-state index in [1.165, 1.54) is 10.4 Å². The summed E-state index contributed by atoms with van der Waals surface area (Å²) < 4.78 is 0. The first-order valence-electron chi connectivity index (χ1n) is 6.22. The van der Waals surface area contributed by atoms with E-state index in [0.717, 1.165) is 19.5 Å². The van der Waals surface area contributed by atoms with Gasteiger partial charge in [0.25, 0.3) is 0 Å². The number of carbonyl (C=O) groups excluding carboxylic acids is 1. The summed E-state index contributed by atoms with van der Waals surface area (Å²) in [6.45, 7) is 8.45. The maximum atomic E-state index is 11.8. The summed E-state index contributed by atoms with van der Waals surface area (Å²) in [5.74, 6) is 0.154. The first kappa shape index (κ1) is 14.2. The Labute approximate surface area is 108 Å². The lowest BCUT2D eigenvalue weighted by Gasteiger charge is -2.12. The van der Waals surface area contributed by atoms with Gasteiger partial charge in [0.05, 0.1) is 6.54 Å². The van der Waals surface area contributed by atoms with Gasteiger partial charge in [-0.2, -0.15) is 0 Å². The summed E-state index contributed by atoms with van der Waals surface area (Å²) in [5.41, 5.74) is 1.34. The quantitative estimate of drug-likeness (QED) is 0.783. The third-order valence-electron chi connectivity index (χ3n) is 2.79. The molecule has 1 heterocycles. The predicted molar refractivity (Wildman–Crippen MR) is 73.3 cm³/mol. The largest absolute Gasteiger partial charge is 0.351 e. The topological polar surface area (TPSA) is 41.1 Å². The molecule has 0 aliphatic rings. The van der Waals surface area contributed by atoms with Crippen LogP contribution in [0.15, 0.2) is 11.4 Å². The number of rotatable bonds is 7. The van der Waals surface area contributed by atoms with Crippen LogP contribution >= 0.6 is 11.3 Å². The molecule has 0 fully saturated rings. The zero-order valence-corrected chi connectivity index (χ0v) is 11.7. The lowest BCUT2D eigenvalue weighted by molar-refractivity contribution is -0.124. The highest BCUT2D eigenvalue weighted by molar-refractivity contribution is 7.10. The van der Waals surface area contributed by atoms with Crippen molar-refractivity contribution in [1.82, 2.24) is 10.6 Å². The second kappa shape index (κ2) is 7.45. The van der Waals surface area contributed by atoms with Crippen molar-refractivity contribution < 1.29 is 4.79 Å². The number of thiophene rings is 1. The SMILES string of the molecule is CCNCC(C)C(=O)NCc1sccc1CC. The molecular formula is C13H22N2OS. The summed E-state index contributed by atoms with van der Waals surface area (Å²) in [7, 11) is 0. The zero-order chi connectivity index (χ0) is 12.7. The van der Waals surface area contributed by atoms with E-state index in [1.54, 1.807) is 11.3 Å². The minimum Gasteiger partial charge on any atom is -0.351 e. The van der Waals surface area contributed by atoms with Crippen molar-refractivity contribution in [3.63, 3.8) is 0 Å². The highest BCUT2D eigenvalue weighted by Gasteiger charge is 2.12. The first-order valence-corrected chi connectivity index (χ1v) is 7.10. The summed E-state index contributed by atoms with van der Waals surface area (Å²) in [5, 5.41) is 8.27. The average molecular weight is 254 g/mol. The number of amides is 1. The highest BCUT2D eigenvalue weighted by Crippen LogP contribution is 2.16. The van der Waals surface area contributed by atoms with E-state index >= 15 is 0 Å². The molecule has 2 N–H and O–H groups in total. The maximum absolute atomic E-state index is 11.8. The summed E-state index contributed by atoms with van der Waals surface area (Å²) >= 11 is 1.72. The summed E-state index contributed by atoms with van der Waals surface area (Å²) in [6, 6.07) is 2.13. The predicted octanol–water partition coefficient (Wildman–Crippen LogP) is 2.17. The smallest absolute Gasteiger partial charge is 0.224 e. The van der Waals surface area contributed by atoms with Gasteiger partial charge in [-0.3, -0.25) is 4.79 Å². The van der Waals surface area contributed by atoms with Crippen LogP contribution in [-0.2, 0) is 17.8 Å². The standard InChI is InChI=1S/C13H22N2OS/c1-4-11-6-7-17-12(11)9-15-13(16)10(3)8-14-5-2/h6-7,10,14H,4-5,8-9H2,1-3H3,(H,15,16). The monoisotopic (exact) mass is 254 g/mol.